The van der Waals surface area contributed by atoms with Gasteiger partial charge in [0.15, 0.2) is 0 Å². The molecule has 0 bridgehead atoms. The molecule has 1 saturated heterocycles. The Balaban J connectivity index is 1.81. The first-order chi connectivity index (χ1) is 11.0. The Labute approximate surface area is 139 Å². The van der Waals surface area contributed by atoms with Crippen molar-refractivity contribution in [3.05, 3.63) is 34.9 Å². The number of amides is 4. The zero-order valence-electron chi connectivity index (χ0n) is 12.8. The fraction of sp³-hybridized carbons (Fsp3) is 0.400. The highest BCUT2D eigenvalue weighted by Gasteiger charge is 2.23. The first kappa shape index (κ1) is 17.2. The predicted octanol–water partition coefficient (Wildman–Crippen LogP) is 0.553. The predicted molar refractivity (Wildman–Crippen MR) is 86.4 cm³/mol. The molecule has 0 aliphatic carbocycles. The number of piperazine rings is 1. The van der Waals surface area contributed by atoms with E-state index in [0.717, 1.165) is 0 Å². The number of nitrogens with zero attached hydrogens (tertiary/aromatic N) is 2. The standard InChI is InChI=1S/C15H19ClN4O3/c1-17-15(23)18-13(21)10-19-6-8-20(9-7-19)14(22)11-2-4-12(16)5-3-11/h2-5H,6-10H2,1H3,(H2,17,18,21,23). The number of carbonyl (C=O) groups is 3. The molecule has 1 aliphatic rings. The number of hydrogen-bond acceptors (Lipinski definition) is 4. The number of rotatable bonds is 3. The van der Waals surface area contributed by atoms with Crippen molar-refractivity contribution in [2.24, 2.45) is 0 Å². The fourth-order valence-corrected chi connectivity index (χ4v) is 2.44. The van der Waals surface area contributed by atoms with Gasteiger partial charge < -0.3 is 10.2 Å². The van der Waals surface area contributed by atoms with Crippen LogP contribution in [0.4, 0.5) is 4.79 Å². The summed E-state index contributed by atoms with van der Waals surface area (Å²) in [5, 5.41) is 5.14. The number of halogens is 1. The van der Waals surface area contributed by atoms with Gasteiger partial charge in [-0.1, -0.05) is 11.6 Å². The molecule has 1 fully saturated rings. The summed E-state index contributed by atoms with van der Waals surface area (Å²) in [7, 11) is 1.45. The van der Waals surface area contributed by atoms with E-state index in [1.54, 1.807) is 29.2 Å². The van der Waals surface area contributed by atoms with Gasteiger partial charge in [0.05, 0.1) is 6.54 Å². The highest BCUT2D eigenvalue weighted by Crippen LogP contribution is 2.13. The fourth-order valence-electron chi connectivity index (χ4n) is 2.32. The maximum atomic E-state index is 12.4. The van der Waals surface area contributed by atoms with Gasteiger partial charge in [0.1, 0.15) is 0 Å². The number of nitrogens with one attached hydrogen (secondary N) is 2. The Morgan fingerprint density at radius 2 is 1.70 bits per heavy atom. The van der Waals surface area contributed by atoms with Crippen LogP contribution in [0.1, 0.15) is 10.4 Å². The van der Waals surface area contributed by atoms with Gasteiger partial charge in [0.25, 0.3) is 5.91 Å². The van der Waals surface area contributed by atoms with Gasteiger partial charge in [-0.25, -0.2) is 4.79 Å². The SMILES string of the molecule is CNC(=O)NC(=O)CN1CCN(C(=O)c2ccc(Cl)cc2)CC1. The first-order valence-electron chi connectivity index (χ1n) is 7.28. The molecule has 2 rings (SSSR count). The third-order valence-electron chi connectivity index (χ3n) is 3.60. The van der Waals surface area contributed by atoms with Gasteiger partial charge in [0.2, 0.25) is 5.91 Å². The van der Waals surface area contributed by atoms with E-state index in [-0.39, 0.29) is 18.4 Å². The smallest absolute Gasteiger partial charge is 0.321 e. The minimum Gasteiger partial charge on any atom is -0.341 e. The minimum atomic E-state index is -0.522. The van der Waals surface area contributed by atoms with Gasteiger partial charge in [-0.05, 0) is 24.3 Å². The van der Waals surface area contributed by atoms with E-state index in [4.69, 9.17) is 11.6 Å². The van der Waals surface area contributed by atoms with Gasteiger partial charge in [-0.3, -0.25) is 19.8 Å². The molecule has 0 radical (unpaired) electrons. The molecular weight excluding hydrogens is 320 g/mol. The summed E-state index contributed by atoms with van der Waals surface area (Å²) in [6.45, 7) is 2.38. The van der Waals surface area contributed by atoms with Gasteiger partial charge >= 0.3 is 6.03 Å². The Kier molecular flexibility index (Phi) is 5.95. The summed E-state index contributed by atoms with van der Waals surface area (Å²) >= 11 is 5.82. The molecule has 0 saturated carbocycles. The van der Waals surface area contributed by atoms with E-state index in [2.05, 4.69) is 10.6 Å². The number of benzene rings is 1. The summed E-state index contributed by atoms with van der Waals surface area (Å²) < 4.78 is 0. The van der Waals surface area contributed by atoms with Crippen LogP contribution in [0.5, 0.6) is 0 Å². The Morgan fingerprint density at radius 1 is 1.09 bits per heavy atom. The largest absolute Gasteiger partial charge is 0.341 e. The number of carbonyl (C=O) groups excluding carboxylic acids is 3. The molecule has 0 spiro atoms. The van der Waals surface area contributed by atoms with Crippen molar-refractivity contribution in [2.75, 3.05) is 39.8 Å². The van der Waals surface area contributed by atoms with Crippen LogP contribution < -0.4 is 10.6 Å². The highest BCUT2D eigenvalue weighted by atomic mass is 35.5. The first-order valence-corrected chi connectivity index (χ1v) is 7.66. The molecule has 23 heavy (non-hydrogen) atoms. The zero-order valence-corrected chi connectivity index (χ0v) is 13.6. The molecule has 0 aromatic heterocycles. The Hall–Kier alpha value is -2.12. The summed E-state index contributed by atoms with van der Waals surface area (Å²) in [6.07, 6.45) is 0. The lowest BCUT2D eigenvalue weighted by Crippen LogP contribution is -2.52. The van der Waals surface area contributed by atoms with Crippen molar-refractivity contribution in [1.29, 1.82) is 0 Å². The maximum absolute atomic E-state index is 12.4. The summed E-state index contributed by atoms with van der Waals surface area (Å²) in [5.41, 5.74) is 0.597. The van der Waals surface area contributed by atoms with E-state index in [1.807, 2.05) is 4.90 Å². The van der Waals surface area contributed by atoms with Gasteiger partial charge in [-0.15, -0.1) is 0 Å². The molecular formula is C15H19ClN4O3. The summed E-state index contributed by atoms with van der Waals surface area (Å²) in [4.78, 5) is 38.7. The van der Waals surface area contributed by atoms with Crippen LogP contribution in [-0.2, 0) is 4.79 Å². The average Bonchev–Trinajstić information content (AvgIpc) is 2.55. The monoisotopic (exact) mass is 338 g/mol. The Morgan fingerprint density at radius 3 is 2.26 bits per heavy atom. The third kappa shape index (κ3) is 4.94. The second-order valence-electron chi connectivity index (χ2n) is 5.20. The van der Waals surface area contributed by atoms with Crippen LogP contribution in [0.15, 0.2) is 24.3 Å². The van der Waals surface area contributed by atoms with Crippen LogP contribution >= 0.6 is 11.6 Å². The number of hydrogen-bond donors (Lipinski definition) is 2. The van der Waals surface area contributed by atoms with E-state index in [1.165, 1.54) is 7.05 Å². The van der Waals surface area contributed by atoms with Crippen molar-refractivity contribution in [3.63, 3.8) is 0 Å². The van der Waals surface area contributed by atoms with Crippen molar-refractivity contribution < 1.29 is 14.4 Å². The molecule has 1 aromatic carbocycles. The number of imide groups is 1. The lowest BCUT2D eigenvalue weighted by Gasteiger charge is -2.34. The molecule has 7 nitrogen and oxygen atoms in total. The molecule has 1 aliphatic heterocycles. The lowest BCUT2D eigenvalue weighted by molar-refractivity contribution is -0.121. The molecule has 1 heterocycles. The van der Waals surface area contributed by atoms with Crippen molar-refractivity contribution in [2.45, 2.75) is 0 Å². The zero-order chi connectivity index (χ0) is 16.8. The topological polar surface area (TPSA) is 81.8 Å². The minimum absolute atomic E-state index is 0.0453. The van der Waals surface area contributed by atoms with Crippen molar-refractivity contribution in [1.82, 2.24) is 20.4 Å². The lowest BCUT2D eigenvalue weighted by atomic mass is 10.2. The Bertz CT molecular complexity index is 583. The van der Waals surface area contributed by atoms with Crippen LogP contribution in [-0.4, -0.2) is 67.4 Å². The maximum Gasteiger partial charge on any atom is 0.321 e. The second-order valence-corrected chi connectivity index (χ2v) is 5.64. The van der Waals surface area contributed by atoms with Crippen LogP contribution in [0.3, 0.4) is 0 Å². The van der Waals surface area contributed by atoms with Crippen LogP contribution in [0.25, 0.3) is 0 Å². The van der Waals surface area contributed by atoms with Crippen molar-refractivity contribution >= 4 is 29.4 Å². The van der Waals surface area contributed by atoms with Crippen LogP contribution in [0.2, 0.25) is 5.02 Å². The van der Waals surface area contributed by atoms with E-state index >= 15 is 0 Å². The highest BCUT2D eigenvalue weighted by molar-refractivity contribution is 6.30. The average molecular weight is 339 g/mol. The van der Waals surface area contributed by atoms with Gasteiger partial charge in [-0.2, -0.15) is 0 Å². The second kappa shape index (κ2) is 7.94. The molecule has 4 amide bonds. The molecule has 0 atom stereocenters. The normalized spacial score (nSPS) is 15.1. The van der Waals surface area contributed by atoms with E-state index in [9.17, 15) is 14.4 Å². The van der Waals surface area contributed by atoms with Gasteiger partial charge in [0, 0.05) is 43.8 Å². The molecule has 1 aromatic rings. The summed E-state index contributed by atoms with van der Waals surface area (Å²) in [6, 6.07) is 6.26. The van der Waals surface area contributed by atoms with E-state index in [0.29, 0.717) is 36.8 Å². The summed E-state index contributed by atoms with van der Waals surface area (Å²) in [5.74, 6) is -0.405. The molecule has 8 heteroatoms. The third-order valence-corrected chi connectivity index (χ3v) is 3.85. The molecule has 2 N–H and O–H groups in total. The van der Waals surface area contributed by atoms with Crippen molar-refractivity contribution in [3.8, 4) is 0 Å². The molecule has 124 valence electrons. The molecule has 0 unspecified atom stereocenters. The number of urea groups is 1. The van der Waals surface area contributed by atoms with E-state index < -0.39 is 6.03 Å². The van der Waals surface area contributed by atoms with Crippen LogP contribution in [0, 0.1) is 0 Å². The quantitative estimate of drug-likeness (QED) is 0.843.